The van der Waals surface area contributed by atoms with Gasteiger partial charge < -0.3 is 5.73 Å². The van der Waals surface area contributed by atoms with Gasteiger partial charge in [-0.2, -0.15) is 5.10 Å². The number of nitrogen functional groups attached to an aromatic ring is 1. The first kappa shape index (κ1) is 25.6. The van der Waals surface area contributed by atoms with Crippen LogP contribution in [0.2, 0.25) is 0 Å². The molecule has 0 bridgehead atoms. The maximum Gasteiger partial charge on any atom is 0.189 e. The molecule has 1 aliphatic rings. The number of aromatic nitrogens is 7. The predicted octanol–water partition coefficient (Wildman–Crippen LogP) is 5.64. The SMILES string of the molecule is CSc1ncc2cc(-c3ccccc3)c(-c3ccc(CN4CCC(n5ncc6c(N)ncnc65)CC4)cc3)nc2n1. The molecule has 4 aromatic heterocycles. The summed E-state index contributed by atoms with van der Waals surface area (Å²) in [5.74, 6) is 0.481. The van der Waals surface area contributed by atoms with Crippen molar-refractivity contribution in [1.29, 1.82) is 0 Å². The van der Waals surface area contributed by atoms with Gasteiger partial charge in [0.2, 0.25) is 0 Å². The van der Waals surface area contributed by atoms with Crippen LogP contribution in [0.15, 0.2) is 84.5 Å². The van der Waals surface area contributed by atoms with Gasteiger partial charge in [-0.3, -0.25) is 4.90 Å². The highest BCUT2D eigenvalue weighted by Gasteiger charge is 2.23. The molecule has 7 rings (SSSR count). The van der Waals surface area contributed by atoms with Crippen LogP contribution >= 0.6 is 11.8 Å². The number of piperidine rings is 1. The number of thioether (sulfide) groups is 1. The zero-order valence-electron chi connectivity index (χ0n) is 22.7. The fourth-order valence-electron chi connectivity index (χ4n) is 5.60. The number of rotatable bonds is 6. The molecule has 0 amide bonds. The van der Waals surface area contributed by atoms with Gasteiger partial charge >= 0.3 is 0 Å². The minimum atomic E-state index is 0.311. The monoisotopic (exact) mass is 559 g/mol. The van der Waals surface area contributed by atoms with E-state index in [-0.39, 0.29) is 0 Å². The van der Waals surface area contributed by atoms with Crippen LogP contribution in [0.3, 0.4) is 0 Å². The summed E-state index contributed by atoms with van der Waals surface area (Å²) in [4.78, 5) is 25.2. The van der Waals surface area contributed by atoms with Crippen LogP contribution in [0.25, 0.3) is 44.5 Å². The fourth-order valence-corrected chi connectivity index (χ4v) is 5.94. The van der Waals surface area contributed by atoms with E-state index in [0.29, 0.717) is 17.5 Å². The molecule has 0 aliphatic carbocycles. The number of nitrogens with zero attached hydrogens (tertiary/aromatic N) is 8. The molecule has 1 aliphatic heterocycles. The minimum absolute atomic E-state index is 0.311. The molecule has 0 radical (unpaired) electrons. The normalized spacial score (nSPS) is 14.7. The Morgan fingerprint density at radius 1 is 0.902 bits per heavy atom. The molecule has 9 nitrogen and oxygen atoms in total. The Kier molecular flexibility index (Phi) is 6.77. The number of nitrogens with two attached hydrogens (primary N) is 1. The molecule has 1 fully saturated rings. The van der Waals surface area contributed by atoms with E-state index < -0.39 is 0 Å². The van der Waals surface area contributed by atoms with Crippen molar-refractivity contribution in [2.24, 2.45) is 0 Å². The molecule has 2 N–H and O–H groups in total. The highest BCUT2D eigenvalue weighted by atomic mass is 32.2. The van der Waals surface area contributed by atoms with Crippen LogP contribution in [0.5, 0.6) is 0 Å². The Morgan fingerprint density at radius 3 is 2.49 bits per heavy atom. The molecule has 10 heteroatoms. The molecule has 1 saturated heterocycles. The third-order valence-electron chi connectivity index (χ3n) is 7.77. The number of pyridine rings is 1. The van der Waals surface area contributed by atoms with E-state index >= 15 is 0 Å². The Labute approximate surface area is 241 Å². The van der Waals surface area contributed by atoms with E-state index in [2.05, 4.69) is 84.5 Å². The van der Waals surface area contributed by atoms with Crippen LogP contribution in [-0.2, 0) is 6.54 Å². The first-order chi connectivity index (χ1) is 20.2. The van der Waals surface area contributed by atoms with Gasteiger partial charge in [-0.1, -0.05) is 66.4 Å². The maximum atomic E-state index is 6.01. The molecule has 0 atom stereocenters. The average molecular weight is 560 g/mol. The second-order valence-electron chi connectivity index (χ2n) is 10.3. The topological polar surface area (TPSA) is 112 Å². The summed E-state index contributed by atoms with van der Waals surface area (Å²) < 4.78 is 2.02. The Morgan fingerprint density at radius 2 is 1.71 bits per heavy atom. The molecule has 2 aromatic carbocycles. The highest BCUT2D eigenvalue weighted by molar-refractivity contribution is 7.98. The summed E-state index contributed by atoms with van der Waals surface area (Å²) in [7, 11) is 0. The first-order valence-corrected chi connectivity index (χ1v) is 14.9. The van der Waals surface area contributed by atoms with Crippen molar-refractivity contribution >= 4 is 39.6 Å². The third kappa shape index (κ3) is 5.00. The second-order valence-corrected chi connectivity index (χ2v) is 11.1. The molecule has 6 aromatic rings. The standard InChI is InChI=1S/C31H29N9S/c1-41-31-33-16-23-15-25(21-5-3-2-4-6-21)27(37-29(23)38-31)22-9-7-20(8-10-22)18-39-13-11-24(12-14-39)40-30-26(17-36-40)28(32)34-19-35-30/h2-10,15-17,19,24H,11-14,18H2,1H3,(H2,32,34,35). The van der Waals surface area contributed by atoms with Crippen LogP contribution in [0.4, 0.5) is 5.82 Å². The Balaban J connectivity index is 1.10. The lowest BCUT2D eigenvalue weighted by atomic mass is 9.97. The zero-order chi connectivity index (χ0) is 27.8. The van der Waals surface area contributed by atoms with E-state index in [1.54, 1.807) is 6.20 Å². The van der Waals surface area contributed by atoms with Gasteiger partial charge in [0.05, 0.1) is 23.3 Å². The molecule has 204 valence electrons. The third-order valence-corrected chi connectivity index (χ3v) is 8.33. The van der Waals surface area contributed by atoms with Crippen LogP contribution < -0.4 is 5.73 Å². The molecule has 0 saturated carbocycles. The van der Waals surface area contributed by atoms with Crippen molar-refractivity contribution in [3.05, 3.63) is 84.9 Å². The number of likely N-dealkylation sites (tertiary alicyclic amines) is 1. The number of hydrogen-bond acceptors (Lipinski definition) is 9. The van der Waals surface area contributed by atoms with E-state index in [0.717, 1.165) is 76.4 Å². The van der Waals surface area contributed by atoms with Crippen molar-refractivity contribution in [2.45, 2.75) is 30.6 Å². The highest BCUT2D eigenvalue weighted by Crippen LogP contribution is 2.34. The summed E-state index contributed by atoms with van der Waals surface area (Å²) in [6, 6.07) is 21.6. The largest absolute Gasteiger partial charge is 0.383 e. The first-order valence-electron chi connectivity index (χ1n) is 13.7. The molecule has 0 unspecified atom stereocenters. The van der Waals surface area contributed by atoms with Gasteiger partial charge in [0, 0.05) is 42.3 Å². The lowest BCUT2D eigenvalue weighted by molar-refractivity contribution is 0.175. The summed E-state index contributed by atoms with van der Waals surface area (Å²) in [6.07, 6.45) is 9.16. The smallest absolute Gasteiger partial charge is 0.189 e. The van der Waals surface area contributed by atoms with E-state index in [1.165, 1.54) is 23.7 Å². The van der Waals surface area contributed by atoms with Crippen molar-refractivity contribution < 1.29 is 0 Å². The quantitative estimate of drug-likeness (QED) is 0.205. The van der Waals surface area contributed by atoms with Gasteiger partial charge in [0.25, 0.3) is 0 Å². The Hall–Kier alpha value is -4.41. The second kappa shape index (κ2) is 10.9. The number of anilines is 1. The van der Waals surface area contributed by atoms with E-state index in [9.17, 15) is 0 Å². The number of hydrogen-bond donors (Lipinski definition) is 1. The van der Waals surface area contributed by atoms with Gasteiger partial charge in [0.1, 0.15) is 12.1 Å². The summed E-state index contributed by atoms with van der Waals surface area (Å²) in [6.45, 7) is 2.90. The van der Waals surface area contributed by atoms with Crippen LogP contribution in [-0.4, -0.2) is 58.9 Å². The molecule has 41 heavy (non-hydrogen) atoms. The van der Waals surface area contributed by atoms with Crippen LogP contribution in [0.1, 0.15) is 24.4 Å². The lowest BCUT2D eigenvalue weighted by Gasteiger charge is -2.32. The summed E-state index contributed by atoms with van der Waals surface area (Å²) in [5.41, 5.74) is 13.0. The number of fused-ring (bicyclic) bond motifs is 2. The van der Waals surface area contributed by atoms with Crippen molar-refractivity contribution in [3.63, 3.8) is 0 Å². The fraction of sp³-hybridized carbons (Fsp3) is 0.226. The molecular weight excluding hydrogens is 530 g/mol. The maximum absolute atomic E-state index is 6.01. The lowest BCUT2D eigenvalue weighted by Crippen LogP contribution is -2.34. The molecular formula is C31H29N9S. The minimum Gasteiger partial charge on any atom is -0.383 e. The van der Waals surface area contributed by atoms with E-state index in [4.69, 9.17) is 10.7 Å². The van der Waals surface area contributed by atoms with Crippen molar-refractivity contribution in [1.82, 2.24) is 39.6 Å². The molecule has 0 spiro atoms. The summed E-state index contributed by atoms with van der Waals surface area (Å²) in [5, 5.41) is 7.07. The summed E-state index contributed by atoms with van der Waals surface area (Å²) >= 11 is 1.52. The molecule has 5 heterocycles. The van der Waals surface area contributed by atoms with Gasteiger partial charge in [0.15, 0.2) is 16.5 Å². The Bertz CT molecular complexity index is 1830. The predicted molar refractivity (Wildman–Crippen MR) is 163 cm³/mol. The van der Waals surface area contributed by atoms with E-state index in [1.807, 2.05) is 23.2 Å². The number of benzene rings is 2. The zero-order valence-corrected chi connectivity index (χ0v) is 23.5. The van der Waals surface area contributed by atoms with Crippen LogP contribution in [0, 0.1) is 0 Å². The average Bonchev–Trinajstić information content (AvgIpc) is 3.47. The van der Waals surface area contributed by atoms with Crippen molar-refractivity contribution in [3.8, 4) is 22.4 Å². The van der Waals surface area contributed by atoms with Gasteiger partial charge in [-0.05, 0) is 36.3 Å². The van der Waals surface area contributed by atoms with Gasteiger partial charge in [-0.25, -0.2) is 29.6 Å². The van der Waals surface area contributed by atoms with Crippen molar-refractivity contribution in [2.75, 3.05) is 25.1 Å². The van der Waals surface area contributed by atoms with Gasteiger partial charge in [-0.15, -0.1) is 0 Å².